The highest BCUT2D eigenvalue weighted by Gasteiger charge is 2.14. The van der Waals surface area contributed by atoms with Gasteiger partial charge in [0.2, 0.25) is 5.91 Å². The maximum Gasteiger partial charge on any atom is 0.225 e. The minimum absolute atomic E-state index is 0.0243. The monoisotopic (exact) mass is 280 g/mol. The predicted octanol–water partition coefficient (Wildman–Crippen LogP) is 0.644. The van der Waals surface area contributed by atoms with E-state index in [9.17, 15) is 4.79 Å². The molecule has 8 heteroatoms. The van der Waals surface area contributed by atoms with Crippen LogP contribution in [-0.2, 0) is 24.3 Å². The number of amides is 1. The van der Waals surface area contributed by atoms with Gasteiger partial charge in [0.25, 0.3) is 0 Å². The number of carbonyl (C=O) groups excluding carboxylic acids is 1. The van der Waals surface area contributed by atoms with Gasteiger partial charge < -0.3 is 5.32 Å². The van der Waals surface area contributed by atoms with E-state index in [1.165, 1.54) is 17.7 Å². The zero-order chi connectivity index (χ0) is 13.7. The van der Waals surface area contributed by atoms with Gasteiger partial charge in [-0.25, -0.2) is 4.98 Å². The van der Waals surface area contributed by atoms with Crippen molar-refractivity contribution in [2.24, 2.45) is 5.92 Å². The van der Waals surface area contributed by atoms with E-state index in [4.69, 9.17) is 0 Å². The van der Waals surface area contributed by atoms with Gasteiger partial charge in [0.15, 0.2) is 0 Å². The molecule has 1 atom stereocenters. The number of aryl methyl sites for hydroxylation is 1. The molecule has 2 heterocycles. The van der Waals surface area contributed by atoms with Gasteiger partial charge >= 0.3 is 0 Å². The molecule has 0 aliphatic heterocycles. The molecule has 0 unspecified atom stereocenters. The molecule has 2 aromatic heterocycles. The van der Waals surface area contributed by atoms with Gasteiger partial charge in [-0.3, -0.25) is 9.48 Å². The second-order valence-electron chi connectivity index (χ2n) is 4.18. The number of carbonyl (C=O) groups is 1. The van der Waals surface area contributed by atoms with Crippen molar-refractivity contribution >= 4 is 17.2 Å². The fraction of sp³-hybridized carbons (Fsp3) is 0.545. The van der Waals surface area contributed by atoms with Gasteiger partial charge in [0, 0.05) is 0 Å². The van der Waals surface area contributed by atoms with Crippen molar-refractivity contribution in [1.82, 2.24) is 30.3 Å². The number of nitrogens with one attached hydrogen (secondary N) is 1. The fourth-order valence-corrected chi connectivity index (χ4v) is 2.25. The lowest BCUT2D eigenvalue weighted by atomic mass is 10.1. The van der Waals surface area contributed by atoms with E-state index in [2.05, 4.69) is 25.6 Å². The first-order chi connectivity index (χ1) is 9.19. The summed E-state index contributed by atoms with van der Waals surface area (Å²) in [5.41, 5.74) is 0. The molecule has 1 N–H and O–H groups in total. The Morgan fingerprint density at radius 2 is 2.26 bits per heavy atom. The average Bonchev–Trinajstić information content (AvgIpc) is 3.06. The zero-order valence-corrected chi connectivity index (χ0v) is 11.7. The number of nitrogens with zero attached hydrogens (tertiary/aromatic N) is 5. The van der Waals surface area contributed by atoms with Gasteiger partial charge in [0.05, 0.1) is 19.0 Å². The second-order valence-corrected chi connectivity index (χ2v) is 5.33. The standard InChI is InChI=1S/C11H16N6OS/c1-3-9-15-16-10(19-9)4-13-11(18)8(2)5-17-7-12-6-14-17/h6-8H,3-5H2,1-2H3,(H,13,18)/t8-/m0/s1. The van der Waals surface area contributed by atoms with Crippen LogP contribution in [-0.4, -0.2) is 30.9 Å². The molecule has 0 radical (unpaired) electrons. The van der Waals surface area contributed by atoms with E-state index in [0.29, 0.717) is 13.1 Å². The molecule has 0 spiro atoms. The third-order valence-corrected chi connectivity index (χ3v) is 3.67. The van der Waals surface area contributed by atoms with Crippen molar-refractivity contribution in [3.05, 3.63) is 22.7 Å². The van der Waals surface area contributed by atoms with Gasteiger partial charge in [-0.1, -0.05) is 25.2 Å². The van der Waals surface area contributed by atoms with Crippen molar-refractivity contribution in [3.63, 3.8) is 0 Å². The molecular formula is C11H16N6OS. The van der Waals surface area contributed by atoms with Crippen LogP contribution >= 0.6 is 11.3 Å². The molecular weight excluding hydrogens is 264 g/mol. The van der Waals surface area contributed by atoms with Crippen LogP contribution < -0.4 is 5.32 Å². The molecule has 0 fully saturated rings. The molecule has 7 nitrogen and oxygen atoms in total. The Bertz CT molecular complexity index is 523. The highest BCUT2D eigenvalue weighted by atomic mass is 32.1. The van der Waals surface area contributed by atoms with Crippen molar-refractivity contribution in [1.29, 1.82) is 0 Å². The van der Waals surface area contributed by atoms with Crippen LogP contribution in [0.15, 0.2) is 12.7 Å². The van der Waals surface area contributed by atoms with Gasteiger partial charge in [-0.2, -0.15) is 5.10 Å². The summed E-state index contributed by atoms with van der Waals surface area (Å²) in [6.45, 7) is 4.83. The number of hydrogen-bond donors (Lipinski definition) is 1. The zero-order valence-electron chi connectivity index (χ0n) is 10.9. The minimum atomic E-state index is -0.166. The van der Waals surface area contributed by atoms with Crippen molar-refractivity contribution in [2.75, 3.05) is 0 Å². The normalized spacial score (nSPS) is 12.3. The lowest BCUT2D eigenvalue weighted by Crippen LogP contribution is -2.31. The lowest BCUT2D eigenvalue weighted by Gasteiger charge is -2.10. The summed E-state index contributed by atoms with van der Waals surface area (Å²) >= 11 is 1.53. The van der Waals surface area contributed by atoms with Crippen molar-refractivity contribution in [2.45, 2.75) is 33.4 Å². The number of aromatic nitrogens is 5. The Morgan fingerprint density at radius 1 is 1.47 bits per heavy atom. The molecule has 2 rings (SSSR count). The first kappa shape index (κ1) is 13.6. The molecule has 2 aromatic rings. The highest BCUT2D eigenvalue weighted by Crippen LogP contribution is 2.10. The van der Waals surface area contributed by atoms with E-state index < -0.39 is 0 Å². The summed E-state index contributed by atoms with van der Waals surface area (Å²) < 4.78 is 1.64. The summed E-state index contributed by atoms with van der Waals surface area (Å²) in [5.74, 6) is -0.191. The van der Waals surface area contributed by atoms with Crippen LogP contribution in [0.4, 0.5) is 0 Å². The molecule has 0 bridgehead atoms. The topological polar surface area (TPSA) is 85.6 Å². The fourth-order valence-electron chi connectivity index (χ4n) is 1.53. The predicted molar refractivity (Wildman–Crippen MR) is 70.3 cm³/mol. The smallest absolute Gasteiger partial charge is 0.225 e. The van der Waals surface area contributed by atoms with Crippen LogP contribution in [0.25, 0.3) is 0 Å². The van der Waals surface area contributed by atoms with Crippen molar-refractivity contribution < 1.29 is 4.79 Å². The average molecular weight is 280 g/mol. The molecule has 0 saturated heterocycles. The molecule has 1 amide bonds. The van der Waals surface area contributed by atoms with E-state index in [0.717, 1.165) is 16.4 Å². The lowest BCUT2D eigenvalue weighted by molar-refractivity contribution is -0.125. The summed E-state index contributed by atoms with van der Waals surface area (Å²) in [6, 6.07) is 0. The van der Waals surface area contributed by atoms with E-state index in [1.54, 1.807) is 11.0 Å². The Labute approximate surface area is 115 Å². The van der Waals surface area contributed by atoms with E-state index >= 15 is 0 Å². The maximum atomic E-state index is 11.9. The Hall–Kier alpha value is -1.83. The summed E-state index contributed by atoms with van der Waals surface area (Å²) in [7, 11) is 0. The molecule has 102 valence electrons. The molecule has 0 aliphatic rings. The highest BCUT2D eigenvalue weighted by molar-refractivity contribution is 7.11. The quantitative estimate of drug-likeness (QED) is 0.839. The summed E-state index contributed by atoms with van der Waals surface area (Å²) in [4.78, 5) is 15.7. The van der Waals surface area contributed by atoms with Crippen LogP contribution in [0.1, 0.15) is 23.9 Å². The van der Waals surface area contributed by atoms with Crippen LogP contribution in [0.3, 0.4) is 0 Å². The number of hydrogen-bond acceptors (Lipinski definition) is 6. The molecule has 0 saturated carbocycles. The van der Waals surface area contributed by atoms with Gasteiger partial charge in [0.1, 0.15) is 22.7 Å². The Balaban J connectivity index is 1.80. The van der Waals surface area contributed by atoms with Crippen molar-refractivity contribution in [3.8, 4) is 0 Å². The Kier molecular flexibility index (Phi) is 4.56. The third-order valence-electron chi connectivity index (χ3n) is 2.60. The molecule has 19 heavy (non-hydrogen) atoms. The van der Waals surface area contributed by atoms with E-state index in [1.807, 2.05) is 13.8 Å². The first-order valence-corrected chi connectivity index (χ1v) is 6.92. The Morgan fingerprint density at radius 3 is 2.89 bits per heavy atom. The van der Waals surface area contributed by atoms with E-state index in [-0.39, 0.29) is 11.8 Å². The first-order valence-electron chi connectivity index (χ1n) is 6.10. The van der Waals surface area contributed by atoms with Gasteiger partial charge in [-0.05, 0) is 6.42 Å². The summed E-state index contributed by atoms with van der Waals surface area (Å²) in [5, 5.41) is 16.7. The van der Waals surface area contributed by atoms with Gasteiger partial charge in [-0.15, -0.1) is 10.2 Å². The third kappa shape index (κ3) is 3.82. The molecule has 0 aromatic carbocycles. The maximum absolute atomic E-state index is 11.9. The van der Waals surface area contributed by atoms with Crippen LogP contribution in [0.5, 0.6) is 0 Å². The second kappa shape index (κ2) is 6.37. The largest absolute Gasteiger partial charge is 0.349 e. The molecule has 0 aliphatic carbocycles. The number of rotatable bonds is 6. The minimum Gasteiger partial charge on any atom is -0.349 e. The SMILES string of the molecule is CCc1nnc(CNC(=O)[C@@H](C)Cn2cncn2)s1. The van der Waals surface area contributed by atoms with Crippen LogP contribution in [0.2, 0.25) is 0 Å². The van der Waals surface area contributed by atoms with Crippen LogP contribution in [0, 0.1) is 5.92 Å². The summed E-state index contributed by atoms with van der Waals surface area (Å²) in [6.07, 6.45) is 3.93.